The molecule has 0 saturated heterocycles. The first-order chi connectivity index (χ1) is 15.7. The molecule has 3 aromatic rings. The van der Waals surface area contributed by atoms with E-state index in [-0.39, 0.29) is 12.8 Å². The fourth-order valence-electron chi connectivity index (χ4n) is 3.14. The van der Waals surface area contributed by atoms with Gasteiger partial charge in [-0.25, -0.2) is 4.79 Å². The highest BCUT2D eigenvalue weighted by Crippen LogP contribution is 2.29. The van der Waals surface area contributed by atoms with Gasteiger partial charge in [0, 0.05) is 6.42 Å². The van der Waals surface area contributed by atoms with E-state index >= 15 is 0 Å². The van der Waals surface area contributed by atoms with Crippen LogP contribution < -0.4 is 10.1 Å². The highest BCUT2D eigenvalue weighted by atomic mass is 19.4. The second-order valence-electron chi connectivity index (χ2n) is 7.45. The SMILES string of the molecule is O=C(Cc1ccc(C(F)(F)F)cc1)N[C@@H](Cc1ccc(OCc2ccccc2)cc1)C(=O)O. The quantitative estimate of drug-likeness (QED) is 0.491. The number of benzene rings is 3. The van der Waals surface area contributed by atoms with Crippen molar-refractivity contribution in [3.8, 4) is 5.75 Å². The van der Waals surface area contributed by atoms with Crippen LogP contribution in [0.1, 0.15) is 22.3 Å². The lowest BCUT2D eigenvalue weighted by molar-refractivity contribution is -0.141. The zero-order chi connectivity index (χ0) is 23.8. The number of carbonyl (C=O) groups excluding carboxylic acids is 1. The van der Waals surface area contributed by atoms with Crippen LogP contribution in [0.3, 0.4) is 0 Å². The Morgan fingerprint density at radius 3 is 2.03 bits per heavy atom. The zero-order valence-corrected chi connectivity index (χ0v) is 17.5. The fourth-order valence-corrected chi connectivity index (χ4v) is 3.14. The van der Waals surface area contributed by atoms with Gasteiger partial charge < -0.3 is 15.2 Å². The van der Waals surface area contributed by atoms with Crippen molar-refractivity contribution in [2.24, 2.45) is 0 Å². The Hall–Kier alpha value is -3.81. The summed E-state index contributed by atoms with van der Waals surface area (Å²) in [5.41, 5.74) is 1.24. The number of carbonyl (C=O) groups is 2. The van der Waals surface area contributed by atoms with Gasteiger partial charge in [-0.2, -0.15) is 13.2 Å². The van der Waals surface area contributed by atoms with Gasteiger partial charge in [0.15, 0.2) is 0 Å². The Morgan fingerprint density at radius 2 is 1.45 bits per heavy atom. The number of rotatable bonds is 9. The molecule has 3 rings (SSSR count). The van der Waals surface area contributed by atoms with Crippen molar-refractivity contribution in [2.45, 2.75) is 31.7 Å². The molecule has 0 aromatic heterocycles. The third-order valence-electron chi connectivity index (χ3n) is 4.89. The molecule has 0 aliphatic carbocycles. The Kier molecular flexibility index (Phi) is 7.71. The maximum absolute atomic E-state index is 12.6. The van der Waals surface area contributed by atoms with Crippen molar-refractivity contribution in [1.82, 2.24) is 5.32 Å². The van der Waals surface area contributed by atoms with E-state index in [2.05, 4.69) is 5.32 Å². The van der Waals surface area contributed by atoms with Crippen LogP contribution >= 0.6 is 0 Å². The summed E-state index contributed by atoms with van der Waals surface area (Å²) >= 11 is 0. The fraction of sp³-hybridized carbons (Fsp3) is 0.200. The minimum Gasteiger partial charge on any atom is -0.489 e. The Balaban J connectivity index is 1.54. The van der Waals surface area contributed by atoms with Gasteiger partial charge in [0.05, 0.1) is 12.0 Å². The van der Waals surface area contributed by atoms with Crippen LogP contribution in [0, 0.1) is 0 Å². The number of halogens is 3. The normalized spacial score (nSPS) is 12.1. The van der Waals surface area contributed by atoms with Gasteiger partial charge in [0.1, 0.15) is 18.4 Å². The standard InChI is InChI=1S/C25H22F3NO4/c26-25(27,28)20-10-6-18(7-11-20)15-23(30)29-22(24(31)32)14-17-8-12-21(13-9-17)33-16-19-4-2-1-3-5-19/h1-13,22H,14-16H2,(H,29,30)(H,31,32)/t22-/m0/s1. The molecule has 0 bridgehead atoms. The average Bonchev–Trinajstić information content (AvgIpc) is 2.78. The van der Waals surface area contributed by atoms with Crippen molar-refractivity contribution in [2.75, 3.05) is 0 Å². The van der Waals surface area contributed by atoms with E-state index in [0.717, 1.165) is 17.7 Å². The maximum Gasteiger partial charge on any atom is 0.416 e. The van der Waals surface area contributed by atoms with E-state index in [0.29, 0.717) is 23.5 Å². The smallest absolute Gasteiger partial charge is 0.416 e. The largest absolute Gasteiger partial charge is 0.489 e. The first-order valence-electron chi connectivity index (χ1n) is 10.1. The second-order valence-corrected chi connectivity index (χ2v) is 7.45. The van der Waals surface area contributed by atoms with Crippen molar-refractivity contribution in [3.63, 3.8) is 0 Å². The molecule has 33 heavy (non-hydrogen) atoms. The third kappa shape index (κ3) is 7.38. The highest BCUT2D eigenvalue weighted by Gasteiger charge is 2.30. The molecular formula is C25H22F3NO4. The van der Waals surface area contributed by atoms with E-state index in [1.807, 2.05) is 30.3 Å². The van der Waals surface area contributed by atoms with E-state index in [1.54, 1.807) is 24.3 Å². The van der Waals surface area contributed by atoms with Crippen LogP contribution in [0.25, 0.3) is 0 Å². The molecule has 0 saturated carbocycles. The molecule has 0 spiro atoms. The van der Waals surface area contributed by atoms with E-state index < -0.39 is 29.7 Å². The number of hydrogen-bond donors (Lipinski definition) is 2. The summed E-state index contributed by atoms with van der Waals surface area (Å²) in [6.45, 7) is 0.401. The van der Waals surface area contributed by atoms with Crippen molar-refractivity contribution in [3.05, 3.63) is 101 Å². The highest BCUT2D eigenvalue weighted by molar-refractivity contribution is 5.85. The minimum absolute atomic E-state index is 0.0487. The lowest BCUT2D eigenvalue weighted by atomic mass is 10.0. The average molecular weight is 457 g/mol. The van der Waals surface area contributed by atoms with E-state index in [1.165, 1.54) is 12.1 Å². The lowest BCUT2D eigenvalue weighted by Gasteiger charge is -2.15. The molecule has 2 N–H and O–H groups in total. The van der Waals surface area contributed by atoms with Crippen molar-refractivity contribution < 1.29 is 32.6 Å². The number of alkyl halides is 3. The van der Waals surface area contributed by atoms with Crippen LogP contribution in [0.5, 0.6) is 5.75 Å². The number of aliphatic carboxylic acids is 1. The molecule has 0 unspecified atom stereocenters. The number of amides is 1. The summed E-state index contributed by atoms with van der Waals surface area (Å²) in [5, 5.41) is 11.9. The molecule has 3 aromatic carbocycles. The number of ether oxygens (including phenoxy) is 1. The van der Waals surface area contributed by atoms with Gasteiger partial charge in [0.25, 0.3) is 0 Å². The summed E-state index contributed by atoms with van der Waals surface area (Å²) in [4.78, 5) is 23.9. The van der Waals surface area contributed by atoms with Gasteiger partial charge in [-0.05, 0) is 41.0 Å². The third-order valence-corrected chi connectivity index (χ3v) is 4.89. The predicted octanol–water partition coefficient (Wildman–Crippen LogP) is 4.64. The van der Waals surface area contributed by atoms with Crippen LogP contribution in [-0.4, -0.2) is 23.0 Å². The molecule has 0 heterocycles. The number of hydrogen-bond acceptors (Lipinski definition) is 3. The first-order valence-corrected chi connectivity index (χ1v) is 10.1. The van der Waals surface area contributed by atoms with E-state index in [4.69, 9.17) is 4.74 Å². The molecule has 172 valence electrons. The number of nitrogens with one attached hydrogen (secondary N) is 1. The number of carboxylic acid groups (broad SMARTS) is 1. The summed E-state index contributed by atoms with van der Waals surface area (Å²) < 4.78 is 43.6. The lowest BCUT2D eigenvalue weighted by Crippen LogP contribution is -2.43. The molecular weight excluding hydrogens is 435 g/mol. The molecule has 0 radical (unpaired) electrons. The van der Waals surface area contributed by atoms with Gasteiger partial charge in [-0.1, -0.05) is 54.6 Å². The molecule has 0 aliphatic rings. The van der Waals surface area contributed by atoms with Crippen LogP contribution in [0.2, 0.25) is 0 Å². The second kappa shape index (κ2) is 10.7. The summed E-state index contributed by atoms with van der Waals surface area (Å²) in [6.07, 6.45) is -4.64. The minimum atomic E-state index is -4.46. The van der Waals surface area contributed by atoms with E-state index in [9.17, 15) is 27.9 Å². The summed E-state index contributed by atoms with van der Waals surface area (Å²) in [7, 11) is 0. The molecule has 1 amide bonds. The molecule has 1 atom stereocenters. The Morgan fingerprint density at radius 1 is 0.848 bits per heavy atom. The zero-order valence-electron chi connectivity index (χ0n) is 17.5. The number of carboxylic acids is 1. The van der Waals surface area contributed by atoms with Crippen LogP contribution in [0.4, 0.5) is 13.2 Å². The van der Waals surface area contributed by atoms with Crippen molar-refractivity contribution in [1.29, 1.82) is 0 Å². The molecule has 5 nitrogen and oxygen atoms in total. The Labute approximate surface area is 188 Å². The summed E-state index contributed by atoms with van der Waals surface area (Å²) in [5.74, 6) is -1.18. The first kappa shape index (κ1) is 23.8. The van der Waals surface area contributed by atoms with Gasteiger partial charge in [0.2, 0.25) is 5.91 Å². The summed E-state index contributed by atoms with van der Waals surface area (Å²) in [6, 6.07) is 19.5. The maximum atomic E-state index is 12.6. The molecule has 0 fully saturated rings. The van der Waals surface area contributed by atoms with Crippen LogP contribution in [0.15, 0.2) is 78.9 Å². The predicted molar refractivity (Wildman–Crippen MR) is 116 cm³/mol. The van der Waals surface area contributed by atoms with Crippen LogP contribution in [-0.2, 0) is 35.2 Å². The monoisotopic (exact) mass is 457 g/mol. The topological polar surface area (TPSA) is 75.6 Å². The Bertz CT molecular complexity index is 1070. The van der Waals surface area contributed by atoms with Gasteiger partial charge in [-0.15, -0.1) is 0 Å². The van der Waals surface area contributed by atoms with Gasteiger partial charge in [-0.3, -0.25) is 4.79 Å². The molecule has 8 heteroatoms. The van der Waals surface area contributed by atoms with Gasteiger partial charge >= 0.3 is 12.1 Å². The van der Waals surface area contributed by atoms with Crippen molar-refractivity contribution >= 4 is 11.9 Å². The molecule has 0 aliphatic heterocycles.